The molecule has 1 N–H and O–H groups in total. The maximum atomic E-state index is 14.3. The van der Waals surface area contributed by atoms with Gasteiger partial charge in [-0.1, -0.05) is 91.4 Å². The van der Waals surface area contributed by atoms with Crippen LogP contribution in [-0.4, -0.2) is 43.8 Å². The van der Waals surface area contributed by atoms with Crippen LogP contribution in [0.3, 0.4) is 0 Å². The maximum Gasteiger partial charge on any atom is 0.264 e. The van der Waals surface area contributed by atoms with Crippen molar-refractivity contribution in [3.8, 4) is 0 Å². The van der Waals surface area contributed by atoms with Gasteiger partial charge in [0.05, 0.1) is 10.6 Å². The number of hydrogen-bond acceptors (Lipinski definition) is 4. The highest BCUT2D eigenvalue weighted by molar-refractivity contribution is 7.92. The first kappa shape index (κ1) is 32.6. The summed E-state index contributed by atoms with van der Waals surface area (Å²) in [6, 6.07) is 18.6. The van der Waals surface area contributed by atoms with Crippen LogP contribution in [0.2, 0.25) is 5.02 Å². The molecule has 4 rings (SSSR count). The summed E-state index contributed by atoms with van der Waals surface area (Å²) in [6.45, 7) is 7.20. The van der Waals surface area contributed by atoms with Gasteiger partial charge in [0, 0.05) is 17.6 Å². The van der Waals surface area contributed by atoms with E-state index in [1.807, 2.05) is 45.0 Å². The highest BCUT2D eigenvalue weighted by Crippen LogP contribution is 2.30. The molecule has 3 aromatic carbocycles. The van der Waals surface area contributed by atoms with E-state index in [9.17, 15) is 18.0 Å². The lowest BCUT2D eigenvalue weighted by molar-refractivity contribution is -0.140. The third kappa shape index (κ3) is 8.18. The Morgan fingerprint density at radius 3 is 2.28 bits per heavy atom. The van der Waals surface area contributed by atoms with Gasteiger partial charge in [-0.2, -0.15) is 0 Å². The van der Waals surface area contributed by atoms with Crippen LogP contribution < -0.4 is 9.62 Å². The summed E-state index contributed by atoms with van der Waals surface area (Å²) >= 11 is 6.34. The summed E-state index contributed by atoms with van der Waals surface area (Å²) in [5.41, 5.74) is 3.78. The highest BCUT2D eigenvalue weighted by Gasteiger charge is 2.35. The van der Waals surface area contributed by atoms with Gasteiger partial charge in [0.1, 0.15) is 12.6 Å². The van der Waals surface area contributed by atoms with Crippen LogP contribution >= 0.6 is 11.6 Å². The number of carbonyl (C=O) groups excluding carboxylic acids is 2. The van der Waals surface area contributed by atoms with E-state index in [4.69, 9.17) is 11.6 Å². The SMILES string of the molecule is CC[C@@H](C(=O)NC1CCCCC1)N(Cc1cccc(C)c1)C(=O)CN(c1cc(Cl)ccc1C)S(=O)(=O)c1ccc(C)cc1. The number of carbonyl (C=O) groups is 2. The van der Waals surface area contributed by atoms with E-state index < -0.39 is 28.5 Å². The summed E-state index contributed by atoms with van der Waals surface area (Å²) in [6.07, 6.45) is 5.53. The number of aryl methyl sites for hydroxylation is 3. The average Bonchev–Trinajstić information content (AvgIpc) is 2.97. The lowest BCUT2D eigenvalue weighted by atomic mass is 9.95. The molecule has 0 unspecified atom stereocenters. The van der Waals surface area contributed by atoms with E-state index in [1.54, 1.807) is 49.4 Å². The van der Waals surface area contributed by atoms with Gasteiger partial charge in [-0.15, -0.1) is 0 Å². The smallest absolute Gasteiger partial charge is 0.264 e. The lowest BCUT2D eigenvalue weighted by Gasteiger charge is -2.35. The zero-order chi connectivity index (χ0) is 31.1. The van der Waals surface area contributed by atoms with Crippen LogP contribution in [0.25, 0.3) is 0 Å². The van der Waals surface area contributed by atoms with Gasteiger partial charge in [-0.25, -0.2) is 8.42 Å². The Hall–Kier alpha value is -3.36. The van der Waals surface area contributed by atoms with E-state index in [0.29, 0.717) is 22.7 Å². The molecule has 3 aromatic rings. The second-order valence-electron chi connectivity index (χ2n) is 11.5. The summed E-state index contributed by atoms with van der Waals surface area (Å²) in [7, 11) is -4.17. The van der Waals surface area contributed by atoms with Gasteiger partial charge in [-0.05, 0) is 75.4 Å². The molecule has 9 heteroatoms. The van der Waals surface area contributed by atoms with E-state index in [0.717, 1.165) is 53.1 Å². The normalized spacial score (nSPS) is 14.6. The second kappa shape index (κ2) is 14.4. The fourth-order valence-corrected chi connectivity index (χ4v) is 7.31. The van der Waals surface area contributed by atoms with Crippen molar-refractivity contribution in [3.05, 3.63) is 94.0 Å². The molecule has 230 valence electrons. The molecule has 7 nitrogen and oxygen atoms in total. The van der Waals surface area contributed by atoms with Crippen molar-refractivity contribution in [2.24, 2.45) is 0 Å². The van der Waals surface area contributed by atoms with Gasteiger partial charge >= 0.3 is 0 Å². The Kier molecular flexibility index (Phi) is 10.9. The van der Waals surface area contributed by atoms with Crippen molar-refractivity contribution in [3.63, 3.8) is 0 Å². The number of hydrogen-bond donors (Lipinski definition) is 1. The Morgan fingerprint density at radius 1 is 0.930 bits per heavy atom. The van der Waals surface area contributed by atoms with E-state index in [1.165, 1.54) is 4.90 Å². The minimum atomic E-state index is -4.17. The fourth-order valence-electron chi connectivity index (χ4n) is 5.67. The Bertz CT molecular complexity index is 1540. The van der Waals surface area contributed by atoms with Crippen molar-refractivity contribution >= 4 is 39.1 Å². The predicted octanol–water partition coefficient (Wildman–Crippen LogP) is 6.72. The molecular formula is C34H42ClN3O4S. The monoisotopic (exact) mass is 623 g/mol. The summed E-state index contributed by atoms with van der Waals surface area (Å²) in [5, 5.41) is 3.54. The van der Waals surface area contributed by atoms with E-state index >= 15 is 0 Å². The topological polar surface area (TPSA) is 86.8 Å². The molecule has 0 bridgehead atoms. The van der Waals surface area contributed by atoms with E-state index in [-0.39, 0.29) is 23.4 Å². The molecular weight excluding hydrogens is 582 g/mol. The number of halogens is 1. The standard InChI is InChI=1S/C34H42ClN3O4S/c1-5-31(34(40)36-29-12-7-6-8-13-29)37(22-27-11-9-10-25(3)20-27)33(39)23-38(32-21-28(35)17-16-26(32)4)43(41,42)30-18-14-24(2)15-19-30/h9-11,14-21,29,31H,5-8,12-13,22-23H2,1-4H3,(H,36,40)/t31-/m0/s1. The van der Waals surface area contributed by atoms with Gasteiger partial charge in [0.2, 0.25) is 11.8 Å². The molecule has 0 aromatic heterocycles. The minimum absolute atomic E-state index is 0.0672. The first-order chi connectivity index (χ1) is 20.5. The third-order valence-corrected chi connectivity index (χ3v) is 10.1. The van der Waals surface area contributed by atoms with Crippen LogP contribution in [-0.2, 0) is 26.2 Å². The molecule has 2 amide bonds. The number of nitrogens with one attached hydrogen (secondary N) is 1. The van der Waals surface area contributed by atoms with Crippen LogP contribution in [0.15, 0.2) is 71.6 Å². The van der Waals surface area contributed by atoms with Crippen LogP contribution in [0.1, 0.15) is 67.7 Å². The highest BCUT2D eigenvalue weighted by atomic mass is 35.5. The molecule has 1 aliphatic rings. The molecule has 0 spiro atoms. The molecule has 1 aliphatic carbocycles. The number of benzene rings is 3. The molecule has 1 fully saturated rings. The largest absolute Gasteiger partial charge is 0.352 e. The third-order valence-electron chi connectivity index (χ3n) is 8.10. The molecule has 0 saturated heterocycles. The van der Waals surface area contributed by atoms with Crippen molar-refractivity contribution < 1.29 is 18.0 Å². The first-order valence-electron chi connectivity index (χ1n) is 15.0. The number of rotatable bonds is 11. The molecule has 1 atom stereocenters. The Morgan fingerprint density at radius 2 is 1.63 bits per heavy atom. The van der Waals surface area contributed by atoms with E-state index in [2.05, 4.69) is 5.32 Å². The van der Waals surface area contributed by atoms with Crippen molar-refractivity contribution in [2.75, 3.05) is 10.8 Å². The Balaban J connectivity index is 1.74. The summed E-state index contributed by atoms with van der Waals surface area (Å²) < 4.78 is 29.4. The number of sulfonamides is 1. The molecule has 0 aliphatic heterocycles. The lowest BCUT2D eigenvalue weighted by Crippen LogP contribution is -2.54. The zero-order valence-corrected chi connectivity index (χ0v) is 27.0. The first-order valence-corrected chi connectivity index (χ1v) is 16.8. The number of nitrogens with zero attached hydrogens (tertiary/aromatic N) is 2. The van der Waals surface area contributed by atoms with Crippen molar-refractivity contribution in [2.45, 2.75) is 89.7 Å². The van der Waals surface area contributed by atoms with Crippen molar-refractivity contribution in [1.82, 2.24) is 10.2 Å². The van der Waals surface area contributed by atoms with Crippen LogP contribution in [0.4, 0.5) is 5.69 Å². The number of amides is 2. The minimum Gasteiger partial charge on any atom is -0.352 e. The second-order valence-corrected chi connectivity index (χ2v) is 13.8. The average molecular weight is 624 g/mol. The van der Waals surface area contributed by atoms with Gasteiger partial charge in [0.15, 0.2) is 0 Å². The molecule has 0 radical (unpaired) electrons. The van der Waals surface area contributed by atoms with Gasteiger partial charge in [0.25, 0.3) is 10.0 Å². The predicted molar refractivity (Wildman–Crippen MR) is 173 cm³/mol. The quantitative estimate of drug-likeness (QED) is 0.257. The van der Waals surface area contributed by atoms with Crippen LogP contribution in [0.5, 0.6) is 0 Å². The zero-order valence-electron chi connectivity index (χ0n) is 25.5. The molecule has 1 saturated carbocycles. The summed E-state index contributed by atoms with van der Waals surface area (Å²) in [5.74, 6) is -0.676. The Labute approximate surface area is 261 Å². The van der Waals surface area contributed by atoms with Crippen molar-refractivity contribution in [1.29, 1.82) is 0 Å². The van der Waals surface area contributed by atoms with Crippen LogP contribution in [0, 0.1) is 20.8 Å². The summed E-state index contributed by atoms with van der Waals surface area (Å²) in [4.78, 5) is 29.6. The maximum absolute atomic E-state index is 14.3. The number of anilines is 1. The fraction of sp³-hybridized carbons (Fsp3) is 0.412. The molecule has 0 heterocycles. The van der Waals surface area contributed by atoms with Gasteiger partial charge in [-0.3, -0.25) is 13.9 Å². The molecule has 43 heavy (non-hydrogen) atoms. The van der Waals surface area contributed by atoms with Gasteiger partial charge < -0.3 is 10.2 Å².